The Hall–Kier alpha value is -13.5. The Bertz CT molecular complexity index is 7460. The molecule has 0 bridgehead atoms. The number of para-hydroxylation sites is 2. The van der Waals surface area contributed by atoms with Crippen LogP contribution in [0.2, 0.25) is 0 Å². The third kappa shape index (κ3) is 12.1. The van der Waals surface area contributed by atoms with Crippen LogP contribution in [0.15, 0.2) is 340 Å². The van der Waals surface area contributed by atoms with Crippen molar-refractivity contribution in [2.45, 2.75) is 131 Å². The molecule has 0 atom stereocenters. The van der Waals surface area contributed by atoms with Gasteiger partial charge in [-0.1, -0.05) is 359 Å². The first-order valence-corrected chi connectivity index (χ1v) is 44.1. The van der Waals surface area contributed by atoms with Crippen molar-refractivity contribution in [1.82, 2.24) is 9.13 Å². The molecule has 0 aliphatic carbocycles. The topological polar surface area (TPSA) is 16.3 Å². The lowest BCUT2D eigenvalue weighted by Gasteiger charge is -2.46. The van der Waals surface area contributed by atoms with Crippen molar-refractivity contribution in [3.05, 3.63) is 368 Å². The van der Waals surface area contributed by atoms with Crippen LogP contribution < -0.4 is 26.2 Å². The molecular weight excluding hydrogens is 1480 g/mol. The predicted molar refractivity (Wildman–Crippen MR) is 530 cm³/mol. The van der Waals surface area contributed by atoms with Gasteiger partial charge in [0.1, 0.15) is 0 Å². The van der Waals surface area contributed by atoms with Crippen LogP contribution in [0, 0.1) is 0 Å². The highest BCUT2D eigenvalue weighted by Crippen LogP contribution is 2.58. The summed E-state index contributed by atoms with van der Waals surface area (Å²) in [5, 5.41) is 12.8. The third-order valence-electron chi connectivity index (χ3n) is 27.1. The van der Waals surface area contributed by atoms with Crippen molar-refractivity contribution in [3.8, 4) is 78.1 Å². The zero-order chi connectivity index (χ0) is 84.2. The molecule has 0 radical (unpaired) electrons. The van der Waals surface area contributed by atoms with Crippen LogP contribution in [0.3, 0.4) is 0 Å². The molecular formula is C118H101BN4. The van der Waals surface area contributed by atoms with Crippen LogP contribution in [0.25, 0.3) is 154 Å². The normalized spacial score (nSPS) is 13.3. The minimum absolute atomic E-state index is 0.195. The maximum atomic E-state index is 2.80. The zero-order valence-corrected chi connectivity index (χ0v) is 73.2. The lowest BCUT2D eigenvalue weighted by molar-refractivity contribution is 0.568. The van der Waals surface area contributed by atoms with Crippen molar-refractivity contribution >= 4 is 133 Å². The first-order chi connectivity index (χ1) is 59.2. The smallest absolute Gasteiger partial charge is 0.252 e. The van der Waals surface area contributed by atoms with Crippen molar-refractivity contribution in [1.29, 1.82) is 0 Å². The molecule has 123 heavy (non-hydrogen) atoms. The summed E-state index contributed by atoms with van der Waals surface area (Å²) in [6, 6.07) is 132. The van der Waals surface area contributed by atoms with Crippen LogP contribution in [0.5, 0.6) is 0 Å². The molecule has 4 heterocycles. The van der Waals surface area contributed by atoms with Crippen molar-refractivity contribution in [2.75, 3.05) is 9.80 Å². The van der Waals surface area contributed by atoms with Crippen molar-refractivity contribution in [2.24, 2.45) is 0 Å². The molecule has 2 aliphatic heterocycles. The highest BCUT2D eigenvalue weighted by atomic mass is 15.2. The monoisotopic (exact) mass is 1580 g/mol. The van der Waals surface area contributed by atoms with E-state index >= 15 is 0 Å². The van der Waals surface area contributed by atoms with Gasteiger partial charge in [-0.2, -0.15) is 0 Å². The molecule has 4 nitrogen and oxygen atoms in total. The molecule has 596 valence electrons. The van der Waals surface area contributed by atoms with E-state index in [1.54, 1.807) is 0 Å². The second kappa shape index (κ2) is 27.5. The molecule has 2 aliphatic rings. The Morgan fingerprint density at radius 2 is 0.528 bits per heavy atom. The quantitative estimate of drug-likeness (QED) is 0.0771. The SMILES string of the molecule is CC(C)(C)c1cc(-c2cc(-c3ccccc3)cc(-c3ccccc3)c2N2c3cc(-n4c5ccccc5c5ccccc54)ccc3B3c4ccc(-n5c6ccc7cccc8c9cccc%10ccc5c(c%109)c6c78)cc4N(c4c(-c5ccccc5)cc(-c5ccccc5)cc4-c4cc(C(C)(C)C)cc(C(C)(C)C)c4)c4cc(C(C)(C)C)cc2c43)cc(C(C)(C)C)c1. The number of benzene rings is 18. The highest BCUT2D eigenvalue weighted by molar-refractivity contribution is 7.00. The number of fused-ring (bicyclic) bond motifs is 8. The molecule has 0 spiro atoms. The van der Waals surface area contributed by atoms with Gasteiger partial charge in [-0.25, -0.2) is 0 Å². The lowest BCUT2D eigenvalue weighted by Crippen LogP contribution is -2.61. The highest BCUT2D eigenvalue weighted by Gasteiger charge is 2.47. The summed E-state index contributed by atoms with van der Waals surface area (Å²) >= 11 is 0. The number of anilines is 6. The van der Waals surface area contributed by atoms with Gasteiger partial charge < -0.3 is 18.9 Å². The Kier molecular flexibility index (Phi) is 16.9. The lowest BCUT2D eigenvalue weighted by atomic mass is 9.33. The Morgan fingerprint density at radius 3 is 0.894 bits per heavy atom. The summed E-state index contributed by atoms with van der Waals surface area (Å²) in [7, 11) is 0. The number of rotatable bonds is 10. The average molecular weight is 1590 g/mol. The molecule has 0 unspecified atom stereocenters. The summed E-state index contributed by atoms with van der Waals surface area (Å²) in [6.07, 6.45) is 0. The number of nitrogens with zero attached hydrogens (tertiary/aromatic N) is 4. The fourth-order valence-electron chi connectivity index (χ4n) is 20.6. The van der Waals surface area contributed by atoms with Gasteiger partial charge in [-0.15, -0.1) is 0 Å². The molecule has 0 saturated carbocycles. The molecule has 0 saturated heterocycles. The van der Waals surface area contributed by atoms with E-state index < -0.39 is 5.41 Å². The average Bonchev–Trinajstić information content (AvgIpc) is 1.58. The van der Waals surface area contributed by atoms with Gasteiger partial charge >= 0.3 is 0 Å². The number of aromatic nitrogens is 2. The first-order valence-electron chi connectivity index (χ1n) is 44.1. The van der Waals surface area contributed by atoms with Crippen LogP contribution in [0.4, 0.5) is 34.1 Å². The number of hydrogen-bond donors (Lipinski definition) is 0. The first kappa shape index (κ1) is 75.7. The Labute approximate surface area is 723 Å². The predicted octanol–water partition coefficient (Wildman–Crippen LogP) is 30.8. The fourth-order valence-corrected chi connectivity index (χ4v) is 20.6. The zero-order valence-electron chi connectivity index (χ0n) is 73.2. The van der Waals surface area contributed by atoms with E-state index in [9.17, 15) is 0 Å². The van der Waals surface area contributed by atoms with E-state index in [4.69, 9.17) is 0 Å². The largest absolute Gasteiger partial charge is 0.310 e. The molecule has 0 amide bonds. The van der Waals surface area contributed by atoms with E-state index in [0.29, 0.717) is 0 Å². The second-order valence-corrected chi connectivity index (χ2v) is 40.1. The van der Waals surface area contributed by atoms with Crippen LogP contribution in [-0.4, -0.2) is 15.8 Å². The summed E-state index contributed by atoms with van der Waals surface area (Å²) in [6.45, 7) is 35.6. The van der Waals surface area contributed by atoms with Crippen molar-refractivity contribution < 1.29 is 0 Å². The molecule has 18 aromatic carbocycles. The molecule has 0 fully saturated rings. The van der Waals surface area contributed by atoms with Gasteiger partial charge in [0.2, 0.25) is 0 Å². The van der Waals surface area contributed by atoms with Gasteiger partial charge in [0.15, 0.2) is 0 Å². The molecule has 0 N–H and O–H groups in total. The summed E-state index contributed by atoms with van der Waals surface area (Å²) < 4.78 is 5.15. The Balaban J connectivity index is 0.945. The maximum Gasteiger partial charge on any atom is 0.252 e. The fraction of sp³-hybridized carbons (Fsp3) is 0.169. The van der Waals surface area contributed by atoms with Gasteiger partial charge in [0.25, 0.3) is 6.71 Å². The molecule has 2 aromatic heterocycles. The van der Waals surface area contributed by atoms with Crippen molar-refractivity contribution in [3.63, 3.8) is 0 Å². The van der Waals surface area contributed by atoms with E-state index in [1.807, 2.05) is 0 Å². The van der Waals surface area contributed by atoms with Crippen LogP contribution in [0.1, 0.15) is 132 Å². The standard InChI is InChI=1S/C118H101BN4/c1-114(2,3)82-58-80(59-83(66-82)115(4,5)6)95-64-78(72-34-20-16-21-35-72)62-93(74-38-24-18-25-39-74)112(95)122-103-70-87(120-99-48-30-28-44-89(99)90-45-29-31-49-100(90)120)52-54-97(103)119-98-55-53-88(121-101-56-50-76-42-32-46-91-92-47-33-43-77-51-57-102(121)110(108(77)92)109(101)107(76)91)71-104(98)123(106-69-86(118(13,14)15)68-105(122)111(106)119)113-94(75-40-26-19-27-41-75)63-79(73-36-22-17-23-37-73)65-96(113)81-60-84(116(7,8)9)67-85(61-81)117(10,11)12/h16-71H,1-15H3. The minimum atomic E-state index is -0.403. The van der Waals surface area contributed by atoms with Gasteiger partial charge in [0.05, 0.1) is 33.4 Å². The van der Waals surface area contributed by atoms with Crippen LogP contribution >= 0.6 is 0 Å². The second-order valence-electron chi connectivity index (χ2n) is 40.1. The Morgan fingerprint density at radius 1 is 0.211 bits per heavy atom. The van der Waals surface area contributed by atoms with Crippen LogP contribution in [-0.2, 0) is 27.1 Å². The molecule has 22 rings (SSSR count). The summed E-state index contributed by atoms with van der Waals surface area (Å²) in [5.41, 5.74) is 36.4. The van der Waals surface area contributed by atoms with Gasteiger partial charge in [-0.05, 0) is 233 Å². The van der Waals surface area contributed by atoms with Gasteiger partial charge in [-0.3, -0.25) is 0 Å². The van der Waals surface area contributed by atoms with E-state index in [1.165, 1.54) is 120 Å². The molecule has 5 heteroatoms. The van der Waals surface area contributed by atoms with E-state index in [0.717, 1.165) is 112 Å². The minimum Gasteiger partial charge on any atom is -0.310 e. The third-order valence-corrected chi connectivity index (χ3v) is 27.1. The van der Waals surface area contributed by atoms with E-state index in [2.05, 4.69) is 463 Å². The summed E-state index contributed by atoms with van der Waals surface area (Å²) in [5.74, 6) is 0. The molecule has 20 aromatic rings. The number of hydrogen-bond acceptors (Lipinski definition) is 2. The maximum absolute atomic E-state index is 2.80. The van der Waals surface area contributed by atoms with Gasteiger partial charge in [0, 0.05) is 77.9 Å². The van der Waals surface area contributed by atoms with E-state index in [-0.39, 0.29) is 28.4 Å². The summed E-state index contributed by atoms with van der Waals surface area (Å²) in [4.78, 5) is 5.59.